The van der Waals surface area contributed by atoms with Gasteiger partial charge in [-0.05, 0) is 38.8 Å². The van der Waals surface area contributed by atoms with Crippen molar-refractivity contribution in [3.63, 3.8) is 0 Å². The molecule has 3 rings (SSSR count). The van der Waals surface area contributed by atoms with Gasteiger partial charge in [0.1, 0.15) is 0 Å². The number of morpholine rings is 1. The van der Waals surface area contributed by atoms with Crippen molar-refractivity contribution in [1.29, 1.82) is 0 Å². The number of nitrogens with one attached hydrogen (secondary N) is 1. The van der Waals surface area contributed by atoms with E-state index < -0.39 is 0 Å². The Morgan fingerprint density at radius 1 is 1.29 bits per heavy atom. The first kappa shape index (κ1) is 13.1. The Kier molecular flexibility index (Phi) is 3.95. The molecular weight excluding hydrogens is 240 g/mol. The molecule has 1 aliphatic carbocycles. The van der Waals surface area contributed by atoms with Gasteiger partial charge in [-0.1, -0.05) is 0 Å². The van der Waals surface area contributed by atoms with Gasteiger partial charge >= 0.3 is 0 Å². The van der Waals surface area contributed by atoms with Crippen LogP contribution in [0.25, 0.3) is 0 Å². The van der Waals surface area contributed by atoms with Crippen molar-refractivity contribution >= 4 is 18.3 Å². The first-order chi connectivity index (χ1) is 7.79. The molecule has 2 saturated heterocycles. The second kappa shape index (κ2) is 5.12. The van der Waals surface area contributed by atoms with Gasteiger partial charge in [0.25, 0.3) is 0 Å². The topological polar surface area (TPSA) is 41.6 Å². The van der Waals surface area contributed by atoms with Crippen molar-refractivity contribution in [2.45, 2.75) is 31.3 Å². The lowest BCUT2D eigenvalue weighted by Gasteiger charge is -2.45. The van der Waals surface area contributed by atoms with E-state index in [1.54, 1.807) is 0 Å². The molecule has 1 saturated carbocycles. The van der Waals surface area contributed by atoms with Crippen molar-refractivity contribution in [3.05, 3.63) is 0 Å². The maximum atomic E-state index is 12.0. The number of rotatable bonds is 1. The second-order valence-corrected chi connectivity index (χ2v) is 5.32. The Morgan fingerprint density at radius 2 is 2.00 bits per heavy atom. The van der Waals surface area contributed by atoms with Gasteiger partial charge < -0.3 is 15.0 Å². The molecule has 98 valence electrons. The van der Waals surface area contributed by atoms with Crippen LogP contribution in [0.3, 0.4) is 0 Å². The van der Waals surface area contributed by atoms with Crippen LogP contribution in [0.5, 0.6) is 0 Å². The zero-order valence-corrected chi connectivity index (χ0v) is 10.9. The number of carbonyl (C=O) groups is 1. The molecule has 5 heteroatoms. The molecule has 0 aromatic rings. The van der Waals surface area contributed by atoms with Crippen LogP contribution < -0.4 is 5.32 Å². The predicted molar refractivity (Wildman–Crippen MR) is 67.3 cm³/mol. The van der Waals surface area contributed by atoms with Crippen LogP contribution in [0.1, 0.15) is 25.7 Å². The minimum absolute atomic E-state index is 0. The molecule has 0 aromatic heterocycles. The van der Waals surface area contributed by atoms with E-state index in [1.165, 1.54) is 0 Å². The summed E-state index contributed by atoms with van der Waals surface area (Å²) in [6.45, 7) is 4.38. The summed E-state index contributed by atoms with van der Waals surface area (Å²) in [4.78, 5) is 14.1. The molecule has 1 spiro atoms. The second-order valence-electron chi connectivity index (χ2n) is 5.32. The Hall–Kier alpha value is -0.320. The zero-order chi connectivity index (χ0) is 11.0. The van der Waals surface area contributed by atoms with Gasteiger partial charge in [-0.2, -0.15) is 0 Å². The van der Waals surface area contributed by atoms with Crippen LogP contribution in [0, 0.1) is 5.92 Å². The number of amides is 1. The molecule has 0 unspecified atom stereocenters. The van der Waals surface area contributed by atoms with Gasteiger partial charge in [-0.15, -0.1) is 12.4 Å². The highest BCUT2D eigenvalue weighted by atomic mass is 35.5. The van der Waals surface area contributed by atoms with Gasteiger partial charge in [0, 0.05) is 19.0 Å². The molecule has 0 atom stereocenters. The lowest BCUT2D eigenvalue weighted by atomic mass is 9.90. The van der Waals surface area contributed by atoms with E-state index in [0.717, 1.165) is 58.5 Å². The molecule has 0 bridgehead atoms. The first-order valence-corrected chi connectivity index (χ1v) is 6.43. The highest BCUT2D eigenvalue weighted by Crippen LogP contribution is 2.34. The third kappa shape index (κ3) is 2.75. The molecule has 3 fully saturated rings. The highest BCUT2D eigenvalue weighted by molar-refractivity contribution is 5.85. The predicted octanol–water partition coefficient (Wildman–Crippen LogP) is 0.799. The molecule has 4 nitrogen and oxygen atoms in total. The molecule has 1 N–H and O–H groups in total. The summed E-state index contributed by atoms with van der Waals surface area (Å²) in [7, 11) is 0. The smallest absolute Gasteiger partial charge is 0.225 e. The van der Waals surface area contributed by atoms with Crippen LogP contribution in [0.4, 0.5) is 0 Å². The van der Waals surface area contributed by atoms with Crippen LogP contribution >= 0.6 is 12.4 Å². The number of hydrogen-bond acceptors (Lipinski definition) is 3. The lowest BCUT2D eigenvalue weighted by Crippen LogP contribution is -2.57. The van der Waals surface area contributed by atoms with Crippen molar-refractivity contribution < 1.29 is 9.53 Å². The van der Waals surface area contributed by atoms with E-state index in [9.17, 15) is 4.79 Å². The standard InChI is InChI=1S/C12H20N2O2.ClH/c15-11(10-1-2-10)14-7-8-16-12(9-14)3-5-13-6-4-12;/h10,13H,1-9H2;1H. The lowest BCUT2D eigenvalue weighted by molar-refractivity contribution is -0.156. The molecule has 2 aliphatic heterocycles. The minimum atomic E-state index is -0.0337. The summed E-state index contributed by atoms with van der Waals surface area (Å²) in [6, 6.07) is 0. The van der Waals surface area contributed by atoms with E-state index in [4.69, 9.17) is 4.74 Å². The molecule has 1 amide bonds. The fraction of sp³-hybridized carbons (Fsp3) is 0.917. The maximum Gasteiger partial charge on any atom is 0.225 e. The van der Waals surface area contributed by atoms with E-state index >= 15 is 0 Å². The summed E-state index contributed by atoms with van der Waals surface area (Å²) in [5.74, 6) is 0.720. The third-order valence-electron chi connectivity index (χ3n) is 4.00. The summed E-state index contributed by atoms with van der Waals surface area (Å²) in [6.07, 6.45) is 4.29. The maximum absolute atomic E-state index is 12.0. The molecule has 3 aliphatic rings. The largest absolute Gasteiger partial charge is 0.371 e. The molecular formula is C12H21ClN2O2. The van der Waals surface area contributed by atoms with Crippen LogP contribution in [0.2, 0.25) is 0 Å². The summed E-state index contributed by atoms with van der Waals surface area (Å²) < 4.78 is 5.95. The van der Waals surface area contributed by atoms with Crippen molar-refractivity contribution in [2.75, 3.05) is 32.8 Å². The SMILES string of the molecule is Cl.O=C(C1CC1)N1CCOC2(CCNCC2)C1. The average molecular weight is 261 g/mol. The molecule has 0 radical (unpaired) electrons. The van der Waals surface area contributed by atoms with Gasteiger partial charge in [0.05, 0.1) is 12.2 Å². The fourth-order valence-electron chi connectivity index (χ4n) is 2.81. The first-order valence-electron chi connectivity index (χ1n) is 6.43. The third-order valence-corrected chi connectivity index (χ3v) is 4.00. The van der Waals surface area contributed by atoms with Crippen LogP contribution in [-0.2, 0) is 9.53 Å². The number of nitrogens with zero attached hydrogens (tertiary/aromatic N) is 1. The van der Waals surface area contributed by atoms with Gasteiger partial charge in [-0.25, -0.2) is 0 Å². The quantitative estimate of drug-likeness (QED) is 0.758. The van der Waals surface area contributed by atoms with Crippen molar-refractivity contribution in [3.8, 4) is 0 Å². The monoisotopic (exact) mass is 260 g/mol. The van der Waals surface area contributed by atoms with Gasteiger partial charge in [0.15, 0.2) is 0 Å². The molecule has 17 heavy (non-hydrogen) atoms. The minimum Gasteiger partial charge on any atom is -0.371 e. The van der Waals surface area contributed by atoms with Gasteiger partial charge in [0.2, 0.25) is 5.91 Å². The van der Waals surface area contributed by atoms with Crippen LogP contribution in [-0.4, -0.2) is 49.2 Å². The molecule has 0 aromatic carbocycles. The Labute approximate surface area is 108 Å². The summed E-state index contributed by atoms with van der Waals surface area (Å²) >= 11 is 0. The number of halogens is 1. The van der Waals surface area contributed by atoms with Crippen molar-refractivity contribution in [2.24, 2.45) is 5.92 Å². The average Bonchev–Trinajstić information content (AvgIpc) is 3.13. The fourth-order valence-corrected chi connectivity index (χ4v) is 2.81. The van der Waals surface area contributed by atoms with Crippen LogP contribution in [0.15, 0.2) is 0 Å². The Morgan fingerprint density at radius 3 is 2.65 bits per heavy atom. The number of carbonyl (C=O) groups excluding carboxylic acids is 1. The van der Waals surface area contributed by atoms with E-state index in [-0.39, 0.29) is 18.0 Å². The molecule has 2 heterocycles. The summed E-state index contributed by atoms with van der Waals surface area (Å²) in [5.41, 5.74) is -0.0337. The number of piperidine rings is 1. The Bertz CT molecular complexity index is 283. The normalized spacial score (nSPS) is 27.6. The van der Waals surface area contributed by atoms with E-state index in [1.807, 2.05) is 4.90 Å². The van der Waals surface area contributed by atoms with Crippen molar-refractivity contribution in [1.82, 2.24) is 10.2 Å². The zero-order valence-electron chi connectivity index (χ0n) is 10.1. The van der Waals surface area contributed by atoms with E-state index in [0.29, 0.717) is 11.8 Å². The van der Waals surface area contributed by atoms with Gasteiger partial charge in [-0.3, -0.25) is 4.79 Å². The number of ether oxygens (including phenoxy) is 1. The Balaban J connectivity index is 0.00000108. The number of hydrogen-bond donors (Lipinski definition) is 1. The highest BCUT2D eigenvalue weighted by Gasteiger charge is 2.42. The summed E-state index contributed by atoms with van der Waals surface area (Å²) in [5, 5.41) is 3.35. The van der Waals surface area contributed by atoms with E-state index in [2.05, 4.69) is 5.32 Å².